The third-order valence-corrected chi connectivity index (χ3v) is 20.2. The van der Waals surface area contributed by atoms with Gasteiger partial charge in [0, 0.05) is 49.4 Å². The average molecular weight is 906 g/mol. The third-order valence-electron chi connectivity index (χ3n) is 15.3. The van der Waals surface area contributed by atoms with E-state index in [1.807, 2.05) is 0 Å². The molecule has 0 radical (unpaired) electrons. The fourth-order valence-corrected chi connectivity index (χ4v) is 17.5. The number of hydrogen-bond donors (Lipinski definition) is 0. The minimum atomic E-state index is -2.78. The Morgan fingerprint density at radius 1 is 0.229 bits per heavy atom. The van der Waals surface area contributed by atoms with Crippen molar-refractivity contribution in [2.75, 3.05) is 0 Å². The maximum atomic E-state index is 2.46. The van der Waals surface area contributed by atoms with Gasteiger partial charge in [0.2, 0.25) is 0 Å². The van der Waals surface area contributed by atoms with E-state index in [0.29, 0.717) is 0 Å². The quantitative estimate of drug-likeness (QED) is 0.148. The van der Waals surface area contributed by atoms with E-state index in [0.717, 1.165) is 5.69 Å². The summed E-state index contributed by atoms with van der Waals surface area (Å²) in [4.78, 5) is 0. The summed E-state index contributed by atoms with van der Waals surface area (Å²) in [5.41, 5.74) is 15.9. The van der Waals surface area contributed by atoms with Gasteiger partial charge in [-0.05, 0) is 128 Å². The third kappa shape index (κ3) is 5.45. The number of benzene rings is 11. The first-order valence-electron chi connectivity index (χ1n) is 24.3. The smallest absolute Gasteiger partial charge is 0.180 e. The van der Waals surface area contributed by atoms with Crippen molar-refractivity contribution < 1.29 is 0 Å². The summed E-state index contributed by atoms with van der Waals surface area (Å²) in [7, 11) is -2.78. The Kier molecular flexibility index (Phi) is 8.38. The lowest BCUT2D eigenvalue weighted by Crippen LogP contribution is -2.72. The van der Waals surface area contributed by atoms with Crippen molar-refractivity contribution in [3.05, 3.63) is 261 Å². The maximum Gasteiger partial charge on any atom is 0.180 e. The van der Waals surface area contributed by atoms with E-state index in [1.165, 1.54) is 120 Å². The van der Waals surface area contributed by atoms with Crippen LogP contribution in [0.25, 0.3) is 105 Å². The minimum Gasteiger partial charge on any atom is -0.309 e. The van der Waals surface area contributed by atoms with Crippen molar-refractivity contribution in [1.29, 1.82) is 0 Å². The molecule has 0 aliphatic carbocycles. The van der Waals surface area contributed by atoms with Gasteiger partial charge < -0.3 is 13.7 Å². The first-order chi connectivity index (χ1) is 34.7. The van der Waals surface area contributed by atoms with Crippen LogP contribution in [0.1, 0.15) is 0 Å². The van der Waals surface area contributed by atoms with E-state index in [2.05, 4.69) is 275 Å². The van der Waals surface area contributed by atoms with Gasteiger partial charge in [0.15, 0.2) is 8.07 Å². The Bertz CT molecular complexity index is 4350. The van der Waals surface area contributed by atoms with Crippen molar-refractivity contribution in [2.24, 2.45) is 0 Å². The Hall–Kier alpha value is -8.96. The Morgan fingerprint density at radius 2 is 0.614 bits per heavy atom. The molecule has 326 valence electrons. The van der Waals surface area contributed by atoms with E-state index in [4.69, 9.17) is 0 Å². The van der Waals surface area contributed by atoms with Crippen LogP contribution in [0.4, 0.5) is 0 Å². The van der Waals surface area contributed by atoms with Gasteiger partial charge in [-0.25, -0.2) is 0 Å². The minimum absolute atomic E-state index is 1.16. The molecule has 4 heterocycles. The molecular weight excluding hydrogens is 863 g/mol. The molecule has 4 heteroatoms. The van der Waals surface area contributed by atoms with Crippen LogP contribution >= 0.6 is 0 Å². The lowest BCUT2D eigenvalue weighted by molar-refractivity contribution is 1.18. The molecule has 70 heavy (non-hydrogen) atoms. The van der Waals surface area contributed by atoms with Crippen molar-refractivity contribution >= 4 is 94.2 Å². The van der Waals surface area contributed by atoms with E-state index in [9.17, 15) is 0 Å². The molecule has 3 aromatic heterocycles. The van der Waals surface area contributed by atoms with Gasteiger partial charge in [-0.15, -0.1) is 0 Å². The van der Waals surface area contributed by atoms with Gasteiger partial charge in [-0.2, -0.15) is 0 Å². The lowest BCUT2D eigenvalue weighted by Gasteiger charge is -2.31. The summed E-state index contributed by atoms with van der Waals surface area (Å²) < 4.78 is 7.29. The molecule has 0 amide bonds. The number of nitrogens with zero attached hydrogens (tertiary/aromatic N) is 3. The average Bonchev–Trinajstić information content (AvgIpc) is 4.15. The molecule has 1 aliphatic rings. The standard InChI is InChI=1S/C66H43N3Si/c1-3-17-46(18-4-1)67-61-28-14-9-23-53(61)56-41-44(31-38-63(56)67)45-32-39-64-57(42-45)54-24-10-15-29-62(54)68(64)47-33-36-50(37-34-47)70(49-19-5-2-6-20-49)65-30-16-11-25-55(65)58-43-48(35-40-66(58)70)69-59-26-12-7-21-51(59)52-22-8-13-27-60(52)69/h1-43H. The van der Waals surface area contributed by atoms with Crippen LogP contribution in [0.3, 0.4) is 0 Å². The van der Waals surface area contributed by atoms with E-state index in [-0.39, 0.29) is 0 Å². The molecule has 0 fully saturated rings. The number of hydrogen-bond acceptors (Lipinski definition) is 0. The first kappa shape index (κ1) is 39.1. The molecule has 0 bridgehead atoms. The van der Waals surface area contributed by atoms with Crippen LogP contribution in [0.5, 0.6) is 0 Å². The second-order valence-corrected chi connectivity index (χ2v) is 22.5. The second-order valence-electron chi connectivity index (χ2n) is 18.8. The van der Waals surface area contributed by atoms with Gasteiger partial charge in [0.1, 0.15) is 0 Å². The zero-order chi connectivity index (χ0) is 45.9. The van der Waals surface area contributed by atoms with Gasteiger partial charge in [-0.3, -0.25) is 0 Å². The lowest BCUT2D eigenvalue weighted by atomic mass is 10.0. The van der Waals surface area contributed by atoms with E-state index < -0.39 is 8.07 Å². The second kappa shape index (κ2) is 15.0. The summed E-state index contributed by atoms with van der Waals surface area (Å²) in [6.45, 7) is 0. The molecule has 0 spiro atoms. The van der Waals surface area contributed by atoms with Crippen LogP contribution in [0, 0.1) is 0 Å². The zero-order valence-electron chi connectivity index (χ0n) is 38.2. The SMILES string of the molecule is c1ccc(-n2c3ccccc3c3cc(-c4ccc5c(c4)c4ccccc4n5-c4ccc([Si]5(c6ccccc6)c6ccccc6-c6cc(-n7c8ccccc8c8ccccc87)ccc65)cc4)ccc32)cc1. The molecular formula is C66H43N3Si. The highest BCUT2D eigenvalue weighted by Crippen LogP contribution is 2.40. The summed E-state index contributed by atoms with van der Waals surface area (Å²) in [6, 6.07) is 97.4. The molecule has 1 unspecified atom stereocenters. The summed E-state index contributed by atoms with van der Waals surface area (Å²) in [6.07, 6.45) is 0. The first-order valence-corrected chi connectivity index (χ1v) is 26.3. The Balaban J connectivity index is 0.875. The van der Waals surface area contributed by atoms with Gasteiger partial charge in [0.25, 0.3) is 0 Å². The number of rotatable bonds is 6. The van der Waals surface area contributed by atoms with Crippen LogP contribution in [0.2, 0.25) is 0 Å². The Labute approximate surface area is 406 Å². The van der Waals surface area contributed by atoms with Crippen molar-refractivity contribution in [3.63, 3.8) is 0 Å². The molecule has 0 saturated carbocycles. The highest BCUT2D eigenvalue weighted by molar-refractivity contribution is 7.22. The molecule has 1 atom stereocenters. The molecule has 0 N–H and O–H groups in total. The summed E-state index contributed by atoms with van der Waals surface area (Å²) in [5, 5.41) is 13.2. The molecule has 11 aromatic carbocycles. The van der Waals surface area contributed by atoms with E-state index in [1.54, 1.807) is 0 Å². The fourth-order valence-electron chi connectivity index (χ4n) is 12.4. The largest absolute Gasteiger partial charge is 0.309 e. The molecule has 14 aromatic rings. The molecule has 15 rings (SSSR count). The van der Waals surface area contributed by atoms with Gasteiger partial charge >= 0.3 is 0 Å². The van der Waals surface area contributed by atoms with Gasteiger partial charge in [-0.1, -0.05) is 176 Å². The van der Waals surface area contributed by atoms with Crippen LogP contribution in [0.15, 0.2) is 261 Å². The predicted octanol–water partition coefficient (Wildman–Crippen LogP) is 14.0. The van der Waals surface area contributed by atoms with Crippen molar-refractivity contribution in [2.45, 2.75) is 0 Å². The normalized spacial score (nSPS) is 14.3. The Morgan fingerprint density at radius 3 is 1.17 bits per heavy atom. The summed E-state index contributed by atoms with van der Waals surface area (Å²) in [5.74, 6) is 0. The molecule has 1 aliphatic heterocycles. The number of para-hydroxylation sites is 5. The highest BCUT2D eigenvalue weighted by Gasteiger charge is 2.48. The van der Waals surface area contributed by atoms with Crippen molar-refractivity contribution in [1.82, 2.24) is 13.7 Å². The monoisotopic (exact) mass is 905 g/mol. The van der Waals surface area contributed by atoms with Crippen molar-refractivity contribution in [3.8, 4) is 39.3 Å². The molecule has 3 nitrogen and oxygen atoms in total. The fraction of sp³-hybridized carbons (Fsp3) is 0. The van der Waals surface area contributed by atoms with Gasteiger partial charge in [0.05, 0.1) is 33.1 Å². The van der Waals surface area contributed by atoms with Crippen LogP contribution in [-0.4, -0.2) is 21.8 Å². The highest BCUT2D eigenvalue weighted by atomic mass is 28.3. The van der Waals surface area contributed by atoms with Crippen LogP contribution < -0.4 is 20.7 Å². The van der Waals surface area contributed by atoms with E-state index >= 15 is 0 Å². The molecule has 0 saturated heterocycles. The topological polar surface area (TPSA) is 14.8 Å². The zero-order valence-corrected chi connectivity index (χ0v) is 39.2. The predicted molar refractivity (Wildman–Crippen MR) is 298 cm³/mol. The van der Waals surface area contributed by atoms with Crippen LogP contribution in [-0.2, 0) is 0 Å². The number of fused-ring (bicyclic) bond motifs is 12. The number of aromatic nitrogens is 3. The maximum absolute atomic E-state index is 2.78. The summed E-state index contributed by atoms with van der Waals surface area (Å²) >= 11 is 0.